The van der Waals surface area contributed by atoms with E-state index in [0.29, 0.717) is 13.0 Å². The Balaban J connectivity index is 2.26. The highest BCUT2D eigenvalue weighted by Gasteiger charge is 2.23. The molecule has 5 nitrogen and oxygen atoms in total. The maximum Gasteiger partial charge on any atom is 0.303 e. The van der Waals surface area contributed by atoms with Gasteiger partial charge in [0.1, 0.15) is 0 Å². The van der Waals surface area contributed by atoms with Crippen molar-refractivity contribution in [2.45, 2.75) is 18.9 Å². The topological polar surface area (TPSA) is 69.6 Å². The maximum atomic E-state index is 11.9. The normalized spacial score (nSPS) is 20.4. The Bertz CT molecular complexity index is 254. The van der Waals surface area contributed by atoms with Crippen molar-refractivity contribution in [3.05, 3.63) is 0 Å². The third kappa shape index (κ3) is 4.40. The van der Waals surface area contributed by atoms with Gasteiger partial charge in [-0.15, -0.1) is 0 Å². The molecule has 1 rings (SSSR count). The molecule has 1 amide bonds. The number of nitrogens with zero attached hydrogens (tertiary/aromatic N) is 1. The molecule has 0 radical (unpaired) electrons. The lowest BCUT2D eigenvalue weighted by molar-refractivity contribution is -0.138. The highest BCUT2D eigenvalue weighted by atomic mass is 32.2. The fourth-order valence-electron chi connectivity index (χ4n) is 1.57. The van der Waals surface area contributed by atoms with E-state index in [1.807, 2.05) is 0 Å². The first-order valence-corrected chi connectivity index (χ1v) is 6.54. The minimum absolute atomic E-state index is 0.0672. The first kappa shape index (κ1) is 13.3. The van der Waals surface area contributed by atoms with Gasteiger partial charge in [0.15, 0.2) is 0 Å². The molecule has 16 heavy (non-hydrogen) atoms. The van der Waals surface area contributed by atoms with Crippen LogP contribution >= 0.6 is 11.8 Å². The van der Waals surface area contributed by atoms with E-state index >= 15 is 0 Å². The second-order valence-electron chi connectivity index (χ2n) is 3.84. The molecule has 1 saturated heterocycles. The molecule has 0 aromatic heterocycles. The number of rotatable bonds is 5. The minimum atomic E-state index is -0.813. The summed E-state index contributed by atoms with van der Waals surface area (Å²) in [5.74, 6) is 1.11. The van der Waals surface area contributed by atoms with E-state index in [1.165, 1.54) is 0 Å². The zero-order valence-electron chi connectivity index (χ0n) is 9.44. The van der Waals surface area contributed by atoms with Crippen molar-refractivity contribution in [3.8, 4) is 0 Å². The van der Waals surface area contributed by atoms with Crippen molar-refractivity contribution in [1.29, 1.82) is 0 Å². The zero-order valence-corrected chi connectivity index (χ0v) is 10.3. The van der Waals surface area contributed by atoms with Crippen LogP contribution in [0.15, 0.2) is 0 Å². The SMILES string of the molecule is CN(CCCC(=O)O)C(=O)C1CSCCN1. The molecule has 0 saturated carbocycles. The van der Waals surface area contributed by atoms with Crippen LogP contribution in [-0.4, -0.2) is 59.6 Å². The molecule has 1 unspecified atom stereocenters. The maximum absolute atomic E-state index is 11.9. The molecule has 6 heteroatoms. The fraction of sp³-hybridized carbons (Fsp3) is 0.800. The summed E-state index contributed by atoms with van der Waals surface area (Å²) in [6.45, 7) is 1.37. The van der Waals surface area contributed by atoms with E-state index in [-0.39, 0.29) is 18.4 Å². The highest BCUT2D eigenvalue weighted by Crippen LogP contribution is 2.09. The van der Waals surface area contributed by atoms with Gasteiger partial charge in [-0.05, 0) is 6.42 Å². The van der Waals surface area contributed by atoms with Gasteiger partial charge < -0.3 is 15.3 Å². The molecular weight excluding hydrogens is 228 g/mol. The van der Waals surface area contributed by atoms with Crippen molar-refractivity contribution in [2.75, 3.05) is 31.6 Å². The lowest BCUT2D eigenvalue weighted by Gasteiger charge is -2.27. The van der Waals surface area contributed by atoms with Crippen LogP contribution in [-0.2, 0) is 9.59 Å². The monoisotopic (exact) mass is 246 g/mol. The summed E-state index contributed by atoms with van der Waals surface area (Å²) < 4.78 is 0. The van der Waals surface area contributed by atoms with Crippen molar-refractivity contribution >= 4 is 23.6 Å². The number of carbonyl (C=O) groups excluding carboxylic acids is 1. The Hall–Kier alpha value is -0.750. The number of hydrogen-bond donors (Lipinski definition) is 2. The number of carbonyl (C=O) groups is 2. The Morgan fingerprint density at radius 2 is 2.31 bits per heavy atom. The second kappa shape index (κ2) is 6.75. The zero-order chi connectivity index (χ0) is 12.0. The number of likely N-dealkylation sites (N-methyl/N-ethyl adjacent to an activating group) is 1. The number of amides is 1. The Labute approximate surface area is 99.6 Å². The van der Waals surface area contributed by atoms with Crippen molar-refractivity contribution in [1.82, 2.24) is 10.2 Å². The van der Waals surface area contributed by atoms with E-state index < -0.39 is 5.97 Å². The molecule has 0 aromatic carbocycles. The number of hydrogen-bond acceptors (Lipinski definition) is 4. The van der Waals surface area contributed by atoms with Crippen LogP contribution < -0.4 is 5.32 Å². The molecule has 1 fully saturated rings. The fourth-order valence-corrected chi connectivity index (χ4v) is 2.49. The van der Waals surface area contributed by atoms with Crippen LogP contribution in [0, 0.1) is 0 Å². The summed E-state index contributed by atoms with van der Waals surface area (Å²) in [6.07, 6.45) is 0.627. The summed E-state index contributed by atoms with van der Waals surface area (Å²) in [4.78, 5) is 23.8. The second-order valence-corrected chi connectivity index (χ2v) is 4.99. The first-order valence-electron chi connectivity index (χ1n) is 5.39. The van der Waals surface area contributed by atoms with Crippen LogP contribution in [0.25, 0.3) is 0 Å². The molecule has 0 spiro atoms. The predicted molar refractivity (Wildman–Crippen MR) is 63.6 cm³/mol. The standard InChI is InChI=1S/C10H18N2O3S/c1-12(5-2-3-9(13)14)10(15)8-7-16-6-4-11-8/h8,11H,2-7H2,1H3,(H,13,14). The molecule has 1 aliphatic heterocycles. The molecule has 1 aliphatic rings. The summed E-state index contributed by atoms with van der Waals surface area (Å²) in [5, 5.41) is 11.7. The van der Waals surface area contributed by atoms with E-state index in [2.05, 4.69) is 5.32 Å². The number of carboxylic acids is 1. The molecular formula is C10H18N2O3S. The van der Waals surface area contributed by atoms with Crippen LogP contribution in [0.2, 0.25) is 0 Å². The number of aliphatic carboxylic acids is 1. The highest BCUT2D eigenvalue weighted by molar-refractivity contribution is 7.99. The number of thioether (sulfide) groups is 1. The lowest BCUT2D eigenvalue weighted by Crippen LogP contribution is -2.49. The van der Waals surface area contributed by atoms with Gasteiger partial charge in [0, 0.05) is 38.1 Å². The van der Waals surface area contributed by atoms with Gasteiger partial charge in [0.05, 0.1) is 6.04 Å². The molecule has 0 aromatic rings. The van der Waals surface area contributed by atoms with E-state index in [9.17, 15) is 9.59 Å². The van der Waals surface area contributed by atoms with Crippen LogP contribution in [0.1, 0.15) is 12.8 Å². The molecule has 92 valence electrons. The van der Waals surface area contributed by atoms with Gasteiger partial charge in [0.2, 0.25) is 5.91 Å². The molecule has 0 aliphatic carbocycles. The van der Waals surface area contributed by atoms with Gasteiger partial charge >= 0.3 is 5.97 Å². The van der Waals surface area contributed by atoms with Crippen molar-refractivity contribution < 1.29 is 14.7 Å². The van der Waals surface area contributed by atoms with Gasteiger partial charge in [-0.25, -0.2) is 0 Å². The minimum Gasteiger partial charge on any atom is -0.481 e. The third-order valence-electron chi connectivity index (χ3n) is 2.48. The Morgan fingerprint density at radius 1 is 1.56 bits per heavy atom. The summed E-state index contributed by atoms with van der Waals surface area (Å²) in [7, 11) is 1.73. The number of nitrogens with one attached hydrogen (secondary N) is 1. The average molecular weight is 246 g/mol. The van der Waals surface area contributed by atoms with Gasteiger partial charge in [-0.1, -0.05) is 0 Å². The van der Waals surface area contributed by atoms with Crippen LogP contribution in [0.4, 0.5) is 0 Å². The lowest BCUT2D eigenvalue weighted by atomic mass is 10.2. The quantitative estimate of drug-likeness (QED) is 0.715. The van der Waals surface area contributed by atoms with Gasteiger partial charge in [0.25, 0.3) is 0 Å². The predicted octanol–water partition coefficient (Wildman–Crippen LogP) is 0.0146. The van der Waals surface area contributed by atoms with E-state index in [1.54, 1.807) is 23.7 Å². The summed E-state index contributed by atoms with van der Waals surface area (Å²) in [6, 6.07) is -0.103. The number of carboxylic acid groups (broad SMARTS) is 1. The van der Waals surface area contributed by atoms with E-state index in [4.69, 9.17) is 5.11 Å². The molecule has 2 N–H and O–H groups in total. The Morgan fingerprint density at radius 3 is 2.88 bits per heavy atom. The van der Waals surface area contributed by atoms with Gasteiger partial charge in [-0.2, -0.15) is 11.8 Å². The molecule has 0 bridgehead atoms. The summed E-state index contributed by atoms with van der Waals surface area (Å²) >= 11 is 1.77. The molecule has 1 atom stereocenters. The average Bonchev–Trinajstić information content (AvgIpc) is 2.28. The van der Waals surface area contributed by atoms with Crippen molar-refractivity contribution in [3.63, 3.8) is 0 Å². The van der Waals surface area contributed by atoms with Gasteiger partial charge in [-0.3, -0.25) is 9.59 Å². The summed E-state index contributed by atoms with van der Waals surface area (Å²) in [5.41, 5.74) is 0. The molecule has 1 heterocycles. The van der Waals surface area contributed by atoms with Crippen LogP contribution in [0.3, 0.4) is 0 Å². The van der Waals surface area contributed by atoms with Crippen LogP contribution in [0.5, 0.6) is 0 Å². The third-order valence-corrected chi connectivity index (χ3v) is 3.54. The Kier molecular flexibility index (Phi) is 5.62. The first-order chi connectivity index (χ1) is 7.61. The smallest absolute Gasteiger partial charge is 0.303 e. The largest absolute Gasteiger partial charge is 0.481 e. The van der Waals surface area contributed by atoms with E-state index in [0.717, 1.165) is 18.1 Å². The van der Waals surface area contributed by atoms with Crippen molar-refractivity contribution in [2.24, 2.45) is 0 Å².